The van der Waals surface area contributed by atoms with Crippen LogP contribution in [0, 0.1) is 0 Å². The quantitative estimate of drug-likeness (QED) is 0.477. The number of nitrogens with zero attached hydrogens (tertiary/aromatic N) is 4. The molecule has 146 valence electrons. The maximum absolute atomic E-state index is 5.92. The Bertz CT molecular complexity index is 1080. The Balaban J connectivity index is 1.51. The highest BCUT2D eigenvalue weighted by molar-refractivity contribution is 6.30. The predicted molar refractivity (Wildman–Crippen MR) is 111 cm³/mol. The van der Waals surface area contributed by atoms with Crippen molar-refractivity contribution in [1.29, 1.82) is 0 Å². The molecule has 0 aliphatic carbocycles. The number of rotatable bonds is 7. The highest BCUT2D eigenvalue weighted by Crippen LogP contribution is 2.32. The average Bonchev–Trinajstić information content (AvgIpc) is 3.23. The molecular weight excluding hydrogens is 390 g/mol. The molecule has 7 nitrogen and oxygen atoms in total. The zero-order valence-electron chi connectivity index (χ0n) is 15.6. The molecule has 29 heavy (non-hydrogen) atoms. The topological polar surface area (TPSA) is 74.1 Å². The van der Waals surface area contributed by atoms with Crippen LogP contribution in [0.1, 0.15) is 5.56 Å². The minimum Gasteiger partial charge on any atom is -0.493 e. The number of tetrazole rings is 1. The molecule has 0 atom stereocenters. The number of aromatic nitrogens is 4. The van der Waals surface area contributed by atoms with Crippen LogP contribution in [0.4, 0.5) is 5.69 Å². The van der Waals surface area contributed by atoms with E-state index >= 15 is 0 Å². The number of para-hydroxylation sites is 1. The Kier molecular flexibility index (Phi) is 5.58. The Hall–Kier alpha value is -3.58. The first-order chi connectivity index (χ1) is 14.2. The largest absolute Gasteiger partial charge is 0.493 e. The molecule has 4 rings (SSSR count). The van der Waals surface area contributed by atoms with E-state index in [0.717, 1.165) is 16.9 Å². The molecule has 8 heteroatoms. The normalized spacial score (nSPS) is 10.6. The number of ether oxygens (including phenoxy) is 2. The van der Waals surface area contributed by atoms with Gasteiger partial charge in [0, 0.05) is 17.3 Å². The van der Waals surface area contributed by atoms with Gasteiger partial charge in [-0.15, -0.1) is 0 Å². The van der Waals surface area contributed by atoms with E-state index in [9.17, 15) is 0 Å². The third kappa shape index (κ3) is 4.47. The second-order valence-electron chi connectivity index (χ2n) is 6.16. The molecule has 0 saturated carbocycles. The van der Waals surface area contributed by atoms with Gasteiger partial charge in [0.1, 0.15) is 0 Å². The molecule has 0 aliphatic heterocycles. The lowest BCUT2D eigenvalue weighted by atomic mass is 10.2. The first-order valence-corrected chi connectivity index (χ1v) is 9.29. The Morgan fingerprint density at radius 2 is 1.76 bits per heavy atom. The Labute approximate surface area is 172 Å². The van der Waals surface area contributed by atoms with E-state index in [2.05, 4.69) is 20.8 Å². The van der Waals surface area contributed by atoms with Crippen molar-refractivity contribution in [2.24, 2.45) is 0 Å². The summed E-state index contributed by atoms with van der Waals surface area (Å²) in [7, 11) is 1.60. The SMILES string of the molecule is COc1cc(CNc2ccc(Cl)cc2)ccc1Oc1nnnn1-c1ccccc1. The van der Waals surface area contributed by atoms with Crippen molar-refractivity contribution in [2.45, 2.75) is 6.54 Å². The highest BCUT2D eigenvalue weighted by Gasteiger charge is 2.14. The Morgan fingerprint density at radius 1 is 0.966 bits per heavy atom. The summed E-state index contributed by atoms with van der Waals surface area (Å²) >= 11 is 5.92. The van der Waals surface area contributed by atoms with E-state index in [1.165, 1.54) is 4.68 Å². The van der Waals surface area contributed by atoms with E-state index in [1.807, 2.05) is 72.8 Å². The van der Waals surface area contributed by atoms with Gasteiger partial charge in [-0.25, -0.2) is 0 Å². The number of hydrogen-bond donors (Lipinski definition) is 1. The van der Waals surface area contributed by atoms with E-state index in [-0.39, 0.29) is 6.01 Å². The van der Waals surface area contributed by atoms with E-state index in [4.69, 9.17) is 21.1 Å². The molecule has 1 N–H and O–H groups in total. The van der Waals surface area contributed by atoms with Crippen molar-refractivity contribution >= 4 is 17.3 Å². The minimum atomic E-state index is 0.251. The summed E-state index contributed by atoms with van der Waals surface area (Å²) in [5, 5.41) is 15.7. The van der Waals surface area contributed by atoms with E-state index < -0.39 is 0 Å². The van der Waals surface area contributed by atoms with Gasteiger partial charge < -0.3 is 14.8 Å². The van der Waals surface area contributed by atoms with Crippen LogP contribution in [0.5, 0.6) is 17.5 Å². The summed E-state index contributed by atoms with van der Waals surface area (Å²) in [4.78, 5) is 0. The first-order valence-electron chi connectivity index (χ1n) is 8.91. The second-order valence-corrected chi connectivity index (χ2v) is 6.59. The number of methoxy groups -OCH3 is 1. The van der Waals surface area contributed by atoms with Gasteiger partial charge in [0.05, 0.1) is 12.8 Å². The molecule has 0 aliphatic rings. The molecular formula is C21H18ClN5O2. The van der Waals surface area contributed by atoms with Crippen molar-refractivity contribution in [3.63, 3.8) is 0 Å². The fourth-order valence-corrected chi connectivity index (χ4v) is 2.88. The zero-order chi connectivity index (χ0) is 20.1. The molecule has 0 spiro atoms. The van der Waals surface area contributed by atoms with Crippen LogP contribution in [-0.2, 0) is 6.54 Å². The van der Waals surface area contributed by atoms with E-state index in [1.54, 1.807) is 7.11 Å². The van der Waals surface area contributed by atoms with Crippen molar-refractivity contribution in [1.82, 2.24) is 20.2 Å². The maximum atomic E-state index is 5.92. The van der Waals surface area contributed by atoms with E-state index in [0.29, 0.717) is 23.1 Å². The van der Waals surface area contributed by atoms with Gasteiger partial charge in [-0.1, -0.05) is 41.0 Å². The van der Waals surface area contributed by atoms with Crippen molar-refractivity contribution in [2.75, 3.05) is 12.4 Å². The molecule has 1 aromatic heterocycles. The highest BCUT2D eigenvalue weighted by atomic mass is 35.5. The van der Waals surface area contributed by atoms with Gasteiger partial charge in [0.2, 0.25) is 0 Å². The van der Waals surface area contributed by atoms with Crippen LogP contribution in [0.25, 0.3) is 5.69 Å². The molecule has 3 aromatic carbocycles. The third-order valence-electron chi connectivity index (χ3n) is 4.21. The lowest BCUT2D eigenvalue weighted by Gasteiger charge is -2.12. The van der Waals surface area contributed by atoms with Crippen molar-refractivity contribution in [3.05, 3.63) is 83.4 Å². The van der Waals surface area contributed by atoms with Crippen LogP contribution in [0.2, 0.25) is 5.02 Å². The lowest BCUT2D eigenvalue weighted by Crippen LogP contribution is -2.02. The zero-order valence-corrected chi connectivity index (χ0v) is 16.4. The summed E-state index contributed by atoms with van der Waals surface area (Å²) in [6.45, 7) is 0.625. The summed E-state index contributed by atoms with van der Waals surface area (Å²) < 4.78 is 12.9. The standard InChI is InChI=1S/C21H18ClN5O2/c1-28-20-13-15(14-23-17-10-8-16(22)9-11-17)7-12-19(20)29-21-24-25-26-27(21)18-5-3-2-4-6-18/h2-13,23H,14H2,1H3. The van der Waals surface area contributed by atoms with Crippen molar-refractivity contribution < 1.29 is 9.47 Å². The minimum absolute atomic E-state index is 0.251. The number of halogens is 1. The monoisotopic (exact) mass is 407 g/mol. The van der Waals surface area contributed by atoms with Gasteiger partial charge >= 0.3 is 6.01 Å². The van der Waals surface area contributed by atoms with Crippen LogP contribution in [-0.4, -0.2) is 27.3 Å². The molecule has 0 saturated heterocycles. The molecule has 4 aromatic rings. The lowest BCUT2D eigenvalue weighted by molar-refractivity contribution is 0.363. The molecule has 0 amide bonds. The molecule has 0 fully saturated rings. The van der Waals surface area contributed by atoms with Gasteiger partial charge in [-0.3, -0.25) is 0 Å². The molecule has 0 unspecified atom stereocenters. The van der Waals surface area contributed by atoms with Crippen LogP contribution < -0.4 is 14.8 Å². The maximum Gasteiger partial charge on any atom is 0.346 e. The van der Waals surface area contributed by atoms with Gasteiger partial charge in [-0.05, 0) is 64.5 Å². The molecule has 1 heterocycles. The summed E-state index contributed by atoms with van der Waals surface area (Å²) in [6.07, 6.45) is 0. The van der Waals surface area contributed by atoms with Gasteiger partial charge in [0.25, 0.3) is 0 Å². The number of nitrogens with one attached hydrogen (secondary N) is 1. The predicted octanol–water partition coefficient (Wildman–Crippen LogP) is 4.73. The van der Waals surface area contributed by atoms with Crippen LogP contribution in [0.15, 0.2) is 72.8 Å². The first kappa shape index (κ1) is 18.8. The van der Waals surface area contributed by atoms with Crippen LogP contribution in [0.3, 0.4) is 0 Å². The number of hydrogen-bond acceptors (Lipinski definition) is 6. The third-order valence-corrected chi connectivity index (χ3v) is 4.46. The number of benzene rings is 3. The fourth-order valence-electron chi connectivity index (χ4n) is 2.75. The Morgan fingerprint density at radius 3 is 2.52 bits per heavy atom. The van der Waals surface area contributed by atoms with Gasteiger partial charge in [-0.2, -0.15) is 4.68 Å². The average molecular weight is 408 g/mol. The van der Waals surface area contributed by atoms with Crippen LogP contribution >= 0.6 is 11.6 Å². The second kappa shape index (κ2) is 8.62. The van der Waals surface area contributed by atoms with Crippen molar-refractivity contribution in [3.8, 4) is 23.2 Å². The number of anilines is 1. The summed E-state index contributed by atoms with van der Waals surface area (Å²) in [5.41, 5.74) is 2.82. The van der Waals surface area contributed by atoms with Gasteiger partial charge in [0.15, 0.2) is 11.5 Å². The summed E-state index contributed by atoms with van der Waals surface area (Å²) in [5.74, 6) is 1.11. The molecule has 0 bridgehead atoms. The smallest absolute Gasteiger partial charge is 0.346 e. The summed E-state index contributed by atoms with van der Waals surface area (Å²) in [6, 6.07) is 23.0. The fraction of sp³-hybridized carbons (Fsp3) is 0.0952. The molecule has 0 radical (unpaired) electrons.